The van der Waals surface area contributed by atoms with E-state index in [0.717, 1.165) is 15.6 Å². The monoisotopic (exact) mass is 660 g/mol. The highest BCUT2D eigenvalue weighted by Crippen LogP contribution is 2.28. The van der Waals surface area contributed by atoms with Crippen molar-refractivity contribution in [1.29, 1.82) is 0 Å². The Morgan fingerprint density at radius 2 is 1.48 bits per heavy atom. The van der Waals surface area contributed by atoms with Crippen molar-refractivity contribution in [3.05, 3.63) is 76.3 Å². The van der Waals surface area contributed by atoms with E-state index in [2.05, 4.69) is 79.4 Å². The third-order valence-electron chi connectivity index (χ3n) is 2.46. The van der Waals surface area contributed by atoms with E-state index in [-0.39, 0.29) is 1.43 Å². The fraction of sp³-hybridized carbons (Fsp3) is 0.125. The maximum atomic E-state index is 5.91. The molecule has 0 spiro atoms. The van der Waals surface area contributed by atoms with Gasteiger partial charge in [0.05, 0.1) is 0 Å². The fourth-order valence-electron chi connectivity index (χ4n) is 1.44. The molecule has 2 aromatic carbocycles. The molecule has 0 heterocycles. The zero-order valence-corrected chi connectivity index (χ0v) is 19.4. The third-order valence-corrected chi connectivity index (χ3v) is 3.82. The quantitative estimate of drug-likeness (QED) is 0.223. The van der Waals surface area contributed by atoms with Crippen LogP contribution in [-0.2, 0) is 0 Å². The van der Waals surface area contributed by atoms with E-state index in [4.69, 9.17) is 23.2 Å². The van der Waals surface area contributed by atoms with Crippen molar-refractivity contribution in [2.45, 2.75) is 10.8 Å². The summed E-state index contributed by atoms with van der Waals surface area (Å²) in [6.07, 6.45) is 1.74. The van der Waals surface area contributed by atoms with Crippen LogP contribution in [0.15, 0.2) is 55.1 Å². The summed E-state index contributed by atoms with van der Waals surface area (Å²) < 4.78 is 0.492. The Morgan fingerprint density at radius 1 is 1.00 bits per heavy atom. The lowest BCUT2D eigenvalue weighted by molar-refractivity contribution is 1.15. The Balaban J connectivity index is 0. The minimum atomic E-state index is 0. The lowest BCUT2D eigenvalue weighted by atomic mass is 10.2. The molecule has 0 nitrogen and oxygen atoms in total. The lowest BCUT2D eigenvalue weighted by Crippen LogP contribution is -1.82. The van der Waals surface area contributed by atoms with E-state index in [1.54, 1.807) is 6.08 Å². The second-order valence-electron chi connectivity index (χ2n) is 3.86. The van der Waals surface area contributed by atoms with Gasteiger partial charge in [0.1, 0.15) is 0 Å². The van der Waals surface area contributed by atoms with Crippen LogP contribution in [0.25, 0.3) is 6.08 Å². The Morgan fingerprint density at radius 3 is 1.81 bits per heavy atom. The van der Waals surface area contributed by atoms with Crippen molar-refractivity contribution in [3.63, 3.8) is 0 Å². The average molecular weight is 661 g/mol. The lowest BCUT2D eigenvalue weighted by Gasteiger charge is -2.04. The van der Waals surface area contributed by atoms with Gasteiger partial charge in [-0.25, -0.2) is 0 Å². The number of rotatable bonds is 2. The molecule has 0 radical (unpaired) electrons. The first-order valence-electron chi connectivity index (χ1n) is 5.96. The highest BCUT2D eigenvalue weighted by Gasteiger charge is 2.02. The van der Waals surface area contributed by atoms with Crippen molar-refractivity contribution in [2.75, 3.05) is 0 Å². The Labute approximate surface area is 175 Å². The van der Waals surface area contributed by atoms with Crippen molar-refractivity contribution in [1.82, 2.24) is 0 Å². The van der Waals surface area contributed by atoms with Crippen LogP contribution in [0.5, 0.6) is 0 Å². The second-order valence-corrected chi connectivity index (χ2v) is 6.55. The molecular weight excluding hydrogens is 644 g/mol. The SMILES string of the molecule is C=Cc1ccccc1Cl.CC(I)c1ccccc1Cl.II.[HH]. The van der Waals surface area contributed by atoms with Gasteiger partial charge in [0, 0.05) is 52.6 Å². The number of halogens is 5. The molecule has 0 saturated carbocycles. The molecule has 0 aliphatic rings. The highest BCUT2D eigenvalue weighted by atomic mass is 128. The minimum Gasteiger partial charge on any atom is -0.0984 e. The van der Waals surface area contributed by atoms with E-state index in [1.807, 2.05) is 42.5 Å². The van der Waals surface area contributed by atoms with Crippen molar-refractivity contribution in [2.24, 2.45) is 0 Å². The molecule has 0 N–H and O–H groups in total. The summed E-state index contributed by atoms with van der Waals surface area (Å²) in [5, 5.41) is 1.62. The molecule has 0 saturated heterocycles. The highest BCUT2D eigenvalue weighted by molar-refractivity contribution is 15.0. The van der Waals surface area contributed by atoms with Crippen LogP contribution in [-0.4, -0.2) is 0 Å². The fourth-order valence-corrected chi connectivity index (χ4v) is 2.68. The first kappa shape index (κ1) is 21.9. The van der Waals surface area contributed by atoms with E-state index in [9.17, 15) is 0 Å². The molecule has 0 bridgehead atoms. The number of hydrogen-bond donors (Lipinski definition) is 0. The predicted octanol–water partition coefficient (Wildman–Crippen LogP) is 8.84. The van der Waals surface area contributed by atoms with Crippen LogP contribution in [0.1, 0.15) is 23.4 Å². The molecule has 21 heavy (non-hydrogen) atoms. The molecule has 1 unspecified atom stereocenters. The molecular formula is C16H17Cl2I3. The number of benzene rings is 2. The zero-order valence-electron chi connectivity index (χ0n) is 11.4. The molecule has 116 valence electrons. The van der Waals surface area contributed by atoms with Gasteiger partial charge in [-0.3, -0.25) is 0 Å². The summed E-state index contributed by atoms with van der Waals surface area (Å²) in [5.74, 6) is 0. The summed E-state index contributed by atoms with van der Waals surface area (Å²) >= 11 is 18.3. The Kier molecular flexibility index (Phi) is 14.0. The van der Waals surface area contributed by atoms with E-state index >= 15 is 0 Å². The molecule has 0 amide bonds. The molecule has 5 heteroatoms. The van der Waals surface area contributed by atoms with Gasteiger partial charge < -0.3 is 0 Å². The summed E-state index contributed by atoms with van der Waals surface area (Å²) in [4.78, 5) is 0. The summed E-state index contributed by atoms with van der Waals surface area (Å²) in [6, 6.07) is 15.5. The first-order valence-corrected chi connectivity index (χ1v) is 14.2. The van der Waals surface area contributed by atoms with E-state index < -0.39 is 0 Å². The molecule has 0 fully saturated rings. The van der Waals surface area contributed by atoms with Crippen molar-refractivity contribution in [3.8, 4) is 0 Å². The van der Waals surface area contributed by atoms with Gasteiger partial charge in [-0.15, -0.1) is 0 Å². The molecule has 0 aliphatic carbocycles. The molecule has 1 atom stereocenters. The topological polar surface area (TPSA) is 0 Å². The largest absolute Gasteiger partial charge is 0.0984 e. The molecule has 0 aliphatic heterocycles. The predicted molar refractivity (Wildman–Crippen MR) is 126 cm³/mol. The number of alkyl halides is 1. The van der Waals surface area contributed by atoms with Gasteiger partial charge in [0.15, 0.2) is 0 Å². The van der Waals surface area contributed by atoms with Crippen molar-refractivity contribution < 1.29 is 1.43 Å². The molecule has 0 aromatic heterocycles. The van der Waals surface area contributed by atoms with Gasteiger partial charge in [-0.05, 0) is 30.2 Å². The van der Waals surface area contributed by atoms with Crippen molar-refractivity contribution >= 4 is 89.1 Å². The zero-order chi connectivity index (χ0) is 16.3. The molecule has 2 aromatic rings. The van der Waals surface area contributed by atoms with Gasteiger partial charge in [0.25, 0.3) is 0 Å². The summed E-state index contributed by atoms with van der Waals surface area (Å²) in [7, 11) is 0. The summed E-state index contributed by atoms with van der Waals surface area (Å²) in [5.41, 5.74) is 2.20. The van der Waals surface area contributed by atoms with Crippen LogP contribution in [0.3, 0.4) is 0 Å². The van der Waals surface area contributed by atoms with Gasteiger partial charge in [-0.1, -0.05) is 94.8 Å². The number of hydrogen-bond acceptors (Lipinski definition) is 0. The Bertz CT molecular complexity index is 548. The maximum absolute atomic E-state index is 5.91. The van der Waals surface area contributed by atoms with Gasteiger partial charge >= 0.3 is 0 Å². The third kappa shape index (κ3) is 8.98. The van der Waals surface area contributed by atoms with Crippen LogP contribution in [0.4, 0.5) is 0 Å². The van der Waals surface area contributed by atoms with Crippen LogP contribution < -0.4 is 0 Å². The first-order chi connectivity index (χ1) is 10.1. The van der Waals surface area contributed by atoms with Crippen LogP contribution >= 0.6 is 83.0 Å². The minimum absolute atomic E-state index is 0. The van der Waals surface area contributed by atoms with E-state index in [1.165, 1.54) is 5.56 Å². The average Bonchev–Trinajstić information content (AvgIpc) is 2.50. The van der Waals surface area contributed by atoms with Crippen LogP contribution in [0.2, 0.25) is 10.0 Å². The smallest absolute Gasteiger partial charge is 0.0478 e. The van der Waals surface area contributed by atoms with Gasteiger partial charge in [-0.2, -0.15) is 0 Å². The second kappa shape index (κ2) is 13.4. The van der Waals surface area contributed by atoms with Crippen LogP contribution in [0, 0.1) is 0 Å². The van der Waals surface area contributed by atoms with Gasteiger partial charge in [0.2, 0.25) is 0 Å². The standard InChI is InChI=1S/C8H8ClI.C8H7Cl.I2.H2/c1-6(10)7-4-2-3-5-8(7)9;1-2-7-5-3-4-6-8(7)9;1-2;/h2-6H,1H3;2-6H,1H2;;1H. The normalized spacial score (nSPS) is 10.4. The maximum Gasteiger partial charge on any atom is 0.0478 e. The molecule has 2 rings (SSSR count). The Hall–Kier alpha value is 0.950. The summed E-state index contributed by atoms with van der Waals surface area (Å²) in [6.45, 7) is 5.73. The van der Waals surface area contributed by atoms with E-state index in [0.29, 0.717) is 3.92 Å².